The number of rotatable bonds is 2. The van der Waals surface area contributed by atoms with Gasteiger partial charge >= 0.3 is 0 Å². The van der Waals surface area contributed by atoms with E-state index in [4.69, 9.17) is 15.2 Å². The summed E-state index contributed by atoms with van der Waals surface area (Å²) in [7, 11) is 2.16. The van der Waals surface area contributed by atoms with Crippen molar-refractivity contribution in [2.24, 2.45) is 11.7 Å². The quantitative estimate of drug-likeness (QED) is 0.904. The summed E-state index contributed by atoms with van der Waals surface area (Å²) in [4.78, 5) is 2.37. The zero-order chi connectivity index (χ0) is 13.4. The van der Waals surface area contributed by atoms with E-state index in [0.29, 0.717) is 25.2 Å². The molecule has 2 aliphatic rings. The molecule has 5 heteroatoms. The van der Waals surface area contributed by atoms with E-state index in [1.807, 2.05) is 6.07 Å². The SMILES string of the molecule is CN1CC(CN)CC1c1cc2c(cc1Br)OCCO2. The van der Waals surface area contributed by atoms with Crippen molar-refractivity contribution in [1.82, 2.24) is 4.90 Å². The van der Waals surface area contributed by atoms with Gasteiger partial charge in [-0.2, -0.15) is 0 Å². The lowest BCUT2D eigenvalue weighted by Gasteiger charge is -2.24. The normalized spacial score (nSPS) is 26.7. The Morgan fingerprint density at radius 2 is 2.00 bits per heavy atom. The van der Waals surface area contributed by atoms with Crippen LogP contribution in [0.3, 0.4) is 0 Å². The molecule has 1 aromatic carbocycles. The lowest BCUT2D eigenvalue weighted by atomic mass is 9.99. The molecule has 3 rings (SSSR count). The van der Waals surface area contributed by atoms with Crippen LogP contribution in [0.5, 0.6) is 11.5 Å². The maximum absolute atomic E-state index is 5.80. The van der Waals surface area contributed by atoms with Crippen LogP contribution in [0.25, 0.3) is 0 Å². The van der Waals surface area contributed by atoms with E-state index >= 15 is 0 Å². The van der Waals surface area contributed by atoms with Gasteiger partial charge < -0.3 is 15.2 Å². The number of hydrogen-bond donors (Lipinski definition) is 1. The fourth-order valence-electron chi connectivity index (χ4n) is 2.97. The molecule has 2 atom stereocenters. The Labute approximate surface area is 122 Å². The van der Waals surface area contributed by atoms with Crippen LogP contribution in [-0.2, 0) is 0 Å². The monoisotopic (exact) mass is 326 g/mol. The topological polar surface area (TPSA) is 47.7 Å². The molecule has 0 aromatic heterocycles. The van der Waals surface area contributed by atoms with Crippen LogP contribution in [0.15, 0.2) is 16.6 Å². The van der Waals surface area contributed by atoms with Gasteiger partial charge in [0.25, 0.3) is 0 Å². The maximum Gasteiger partial charge on any atom is 0.162 e. The van der Waals surface area contributed by atoms with E-state index in [2.05, 4.69) is 33.9 Å². The van der Waals surface area contributed by atoms with Crippen molar-refractivity contribution < 1.29 is 9.47 Å². The summed E-state index contributed by atoms with van der Waals surface area (Å²) in [5, 5.41) is 0. The Balaban J connectivity index is 1.92. The molecule has 2 unspecified atom stereocenters. The molecule has 1 saturated heterocycles. The molecule has 0 aliphatic carbocycles. The zero-order valence-electron chi connectivity index (χ0n) is 11.1. The number of nitrogens with zero attached hydrogens (tertiary/aromatic N) is 1. The minimum atomic E-state index is 0.402. The van der Waals surface area contributed by atoms with Gasteiger partial charge in [-0.25, -0.2) is 0 Å². The molecule has 2 N–H and O–H groups in total. The molecule has 4 nitrogen and oxygen atoms in total. The number of hydrogen-bond acceptors (Lipinski definition) is 4. The molecular weight excluding hydrogens is 308 g/mol. The highest BCUT2D eigenvalue weighted by molar-refractivity contribution is 9.10. The van der Waals surface area contributed by atoms with Gasteiger partial charge in [-0.05, 0) is 43.6 Å². The van der Waals surface area contributed by atoms with Crippen LogP contribution in [0.4, 0.5) is 0 Å². The summed E-state index contributed by atoms with van der Waals surface area (Å²) in [6.07, 6.45) is 1.10. The molecule has 0 spiro atoms. The predicted octanol–water partition coefficient (Wildman–Crippen LogP) is 2.17. The fraction of sp³-hybridized carbons (Fsp3) is 0.571. The first-order valence-electron chi connectivity index (χ1n) is 6.68. The standard InChI is InChI=1S/C14H19BrN2O2/c1-17-8-9(7-16)4-12(17)10-5-13-14(6-11(10)15)19-3-2-18-13/h5-6,9,12H,2-4,7-8,16H2,1H3. The molecule has 104 valence electrons. The Hall–Kier alpha value is -0.780. The van der Waals surface area contributed by atoms with E-state index in [1.165, 1.54) is 5.56 Å². The van der Waals surface area contributed by atoms with E-state index in [0.717, 1.165) is 35.5 Å². The summed E-state index contributed by atoms with van der Waals surface area (Å²) < 4.78 is 12.4. The van der Waals surface area contributed by atoms with Gasteiger partial charge in [-0.3, -0.25) is 4.90 Å². The van der Waals surface area contributed by atoms with E-state index in [9.17, 15) is 0 Å². The Morgan fingerprint density at radius 3 is 2.63 bits per heavy atom. The van der Waals surface area contributed by atoms with Crippen molar-refractivity contribution in [3.05, 3.63) is 22.2 Å². The third-order valence-electron chi connectivity index (χ3n) is 3.99. The zero-order valence-corrected chi connectivity index (χ0v) is 12.6. The molecular formula is C14H19BrN2O2. The second kappa shape index (κ2) is 5.31. The van der Waals surface area contributed by atoms with Gasteiger partial charge in [-0.15, -0.1) is 0 Å². The first-order chi connectivity index (χ1) is 9.19. The van der Waals surface area contributed by atoms with Crippen molar-refractivity contribution in [3.8, 4) is 11.5 Å². The van der Waals surface area contributed by atoms with Gasteiger partial charge in [0.2, 0.25) is 0 Å². The fourth-order valence-corrected chi connectivity index (χ4v) is 3.56. The summed E-state index contributed by atoms with van der Waals surface area (Å²) in [5.41, 5.74) is 7.07. The Kier molecular flexibility index (Phi) is 3.69. The second-order valence-electron chi connectivity index (χ2n) is 5.31. The molecule has 2 heterocycles. The summed E-state index contributed by atoms with van der Waals surface area (Å²) in [6.45, 7) is 3.06. The van der Waals surface area contributed by atoms with Crippen LogP contribution >= 0.6 is 15.9 Å². The molecule has 0 saturated carbocycles. The largest absolute Gasteiger partial charge is 0.486 e. The number of halogens is 1. The van der Waals surface area contributed by atoms with Crippen LogP contribution < -0.4 is 15.2 Å². The van der Waals surface area contributed by atoms with Crippen molar-refractivity contribution in [2.45, 2.75) is 12.5 Å². The van der Waals surface area contributed by atoms with Gasteiger partial charge in [0.15, 0.2) is 11.5 Å². The van der Waals surface area contributed by atoms with Gasteiger partial charge in [0, 0.05) is 17.1 Å². The minimum Gasteiger partial charge on any atom is -0.486 e. The molecule has 19 heavy (non-hydrogen) atoms. The third-order valence-corrected chi connectivity index (χ3v) is 4.68. The highest BCUT2D eigenvalue weighted by Gasteiger charge is 2.32. The predicted molar refractivity (Wildman–Crippen MR) is 77.7 cm³/mol. The Morgan fingerprint density at radius 1 is 1.32 bits per heavy atom. The molecule has 1 aromatic rings. The number of likely N-dealkylation sites (tertiary alicyclic amines) is 1. The van der Waals surface area contributed by atoms with Crippen molar-refractivity contribution in [2.75, 3.05) is 33.4 Å². The smallest absolute Gasteiger partial charge is 0.162 e. The molecule has 0 amide bonds. The van der Waals surface area contributed by atoms with E-state index in [-0.39, 0.29) is 0 Å². The van der Waals surface area contributed by atoms with Crippen LogP contribution in [0.1, 0.15) is 18.0 Å². The average molecular weight is 327 g/mol. The maximum atomic E-state index is 5.80. The number of benzene rings is 1. The first-order valence-corrected chi connectivity index (χ1v) is 7.47. The summed E-state index contributed by atoms with van der Waals surface area (Å²) in [5.74, 6) is 2.27. The van der Waals surface area contributed by atoms with Crippen molar-refractivity contribution >= 4 is 15.9 Å². The van der Waals surface area contributed by atoms with Gasteiger partial charge in [-0.1, -0.05) is 15.9 Å². The lowest BCUT2D eigenvalue weighted by Crippen LogP contribution is -2.21. The minimum absolute atomic E-state index is 0.402. The van der Waals surface area contributed by atoms with E-state index < -0.39 is 0 Å². The average Bonchev–Trinajstić information content (AvgIpc) is 2.79. The Bertz CT molecular complexity index is 481. The second-order valence-corrected chi connectivity index (χ2v) is 6.16. The van der Waals surface area contributed by atoms with Crippen LogP contribution in [0.2, 0.25) is 0 Å². The molecule has 0 radical (unpaired) electrons. The molecule has 1 fully saturated rings. The summed E-state index contributed by atoms with van der Waals surface area (Å²) >= 11 is 3.66. The number of fused-ring (bicyclic) bond motifs is 1. The summed E-state index contributed by atoms with van der Waals surface area (Å²) in [6, 6.07) is 4.53. The first kappa shape index (κ1) is 13.2. The van der Waals surface area contributed by atoms with Gasteiger partial charge in [0.05, 0.1) is 0 Å². The van der Waals surface area contributed by atoms with Crippen molar-refractivity contribution in [1.29, 1.82) is 0 Å². The van der Waals surface area contributed by atoms with Gasteiger partial charge in [0.1, 0.15) is 13.2 Å². The lowest BCUT2D eigenvalue weighted by molar-refractivity contribution is 0.170. The molecule has 2 aliphatic heterocycles. The molecule has 0 bridgehead atoms. The van der Waals surface area contributed by atoms with E-state index in [1.54, 1.807) is 0 Å². The highest BCUT2D eigenvalue weighted by Crippen LogP contribution is 2.42. The number of nitrogens with two attached hydrogens (primary N) is 1. The van der Waals surface area contributed by atoms with Crippen LogP contribution in [0, 0.1) is 5.92 Å². The number of ether oxygens (including phenoxy) is 2. The van der Waals surface area contributed by atoms with Crippen LogP contribution in [-0.4, -0.2) is 38.3 Å². The van der Waals surface area contributed by atoms with Crippen molar-refractivity contribution in [3.63, 3.8) is 0 Å². The highest BCUT2D eigenvalue weighted by atomic mass is 79.9. The third kappa shape index (κ3) is 2.47.